The molecule has 0 bridgehead atoms. The van der Waals surface area contributed by atoms with Crippen molar-refractivity contribution in [3.05, 3.63) is 71.8 Å². The molecule has 28 heavy (non-hydrogen) atoms. The van der Waals surface area contributed by atoms with Crippen molar-refractivity contribution in [2.75, 3.05) is 12.3 Å². The van der Waals surface area contributed by atoms with Crippen LogP contribution in [0.2, 0.25) is 0 Å². The van der Waals surface area contributed by atoms with Crippen molar-refractivity contribution < 1.29 is 0 Å². The Kier molecular flexibility index (Phi) is 7.65. The summed E-state index contributed by atoms with van der Waals surface area (Å²) in [4.78, 5) is 0. The first kappa shape index (κ1) is 21.5. The van der Waals surface area contributed by atoms with Gasteiger partial charge >= 0.3 is 0 Å². The molecule has 0 amide bonds. The smallest absolute Gasteiger partial charge is 0.0265 e. The molecule has 1 aliphatic carbocycles. The highest BCUT2D eigenvalue weighted by atomic mass is 32.1. The second-order valence-corrected chi connectivity index (χ2v) is 8.88. The summed E-state index contributed by atoms with van der Waals surface area (Å²) < 4.78 is 0. The van der Waals surface area contributed by atoms with Crippen LogP contribution >= 0.6 is 12.6 Å². The molecule has 4 atom stereocenters. The van der Waals surface area contributed by atoms with Crippen LogP contribution in [0.4, 0.5) is 0 Å². The molecule has 3 unspecified atom stereocenters. The minimum Gasteiger partial charge on any atom is -0.330 e. The lowest BCUT2D eigenvalue weighted by Gasteiger charge is -2.43. The van der Waals surface area contributed by atoms with Crippen molar-refractivity contribution in [2.24, 2.45) is 29.4 Å². The van der Waals surface area contributed by atoms with E-state index in [4.69, 9.17) is 5.73 Å². The summed E-state index contributed by atoms with van der Waals surface area (Å²) in [6.45, 7) is 5.49. The monoisotopic (exact) mass is 395 g/mol. The minimum absolute atomic E-state index is 0.0457. The zero-order valence-electron chi connectivity index (χ0n) is 17.6. The first-order valence-corrected chi connectivity index (χ1v) is 11.8. The second-order valence-electron chi connectivity index (χ2n) is 8.43. The molecule has 1 nitrogen and oxygen atoms in total. The molecular weight excluding hydrogens is 358 g/mol. The molecule has 0 heterocycles. The molecular formula is C26H37NS. The van der Waals surface area contributed by atoms with Crippen LogP contribution in [0.1, 0.15) is 57.1 Å². The van der Waals surface area contributed by atoms with Crippen LogP contribution in [0, 0.1) is 23.7 Å². The summed E-state index contributed by atoms with van der Waals surface area (Å²) in [6.07, 6.45) is 6.03. The van der Waals surface area contributed by atoms with Gasteiger partial charge in [-0.15, -0.1) is 0 Å². The summed E-state index contributed by atoms with van der Waals surface area (Å²) in [7, 11) is 0. The normalized spacial score (nSPS) is 26.4. The standard InChI is InChI=1S/C26H37NS/c1-3-11-22-23(17-19-28)25(16-18-27)26(24(22)4-2,20-12-7-5-8-13-20)21-14-9-6-10-15-21/h5-10,12-15,22-25,28H,3-4,11,16-19,27H2,1-2H3/t22?,23?,24-,25?/m0/s1. The van der Waals surface area contributed by atoms with Gasteiger partial charge in [-0.05, 0) is 59.9 Å². The minimum atomic E-state index is 0.0457. The predicted molar refractivity (Wildman–Crippen MR) is 125 cm³/mol. The van der Waals surface area contributed by atoms with Gasteiger partial charge in [0.25, 0.3) is 0 Å². The Morgan fingerprint density at radius 3 is 1.75 bits per heavy atom. The number of thiol groups is 1. The van der Waals surface area contributed by atoms with Gasteiger partial charge in [0.15, 0.2) is 0 Å². The lowest BCUT2D eigenvalue weighted by Crippen LogP contribution is -2.40. The van der Waals surface area contributed by atoms with Crippen molar-refractivity contribution >= 4 is 12.6 Å². The van der Waals surface area contributed by atoms with E-state index in [1.807, 2.05) is 0 Å². The molecule has 0 saturated heterocycles. The maximum atomic E-state index is 6.23. The molecule has 2 N–H and O–H groups in total. The molecule has 1 aliphatic rings. The molecule has 0 radical (unpaired) electrons. The van der Waals surface area contributed by atoms with Crippen LogP contribution in [0.3, 0.4) is 0 Å². The Hall–Kier alpha value is -1.25. The molecule has 1 saturated carbocycles. The Bertz CT molecular complexity index is 659. The third-order valence-electron chi connectivity index (χ3n) is 7.26. The molecule has 0 aliphatic heterocycles. The molecule has 0 spiro atoms. The van der Waals surface area contributed by atoms with E-state index >= 15 is 0 Å². The quantitative estimate of drug-likeness (QED) is 0.477. The first-order valence-electron chi connectivity index (χ1n) is 11.2. The van der Waals surface area contributed by atoms with Crippen molar-refractivity contribution in [3.8, 4) is 0 Å². The van der Waals surface area contributed by atoms with Crippen LogP contribution < -0.4 is 5.73 Å². The summed E-state index contributed by atoms with van der Waals surface area (Å²) in [5.74, 6) is 3.59. The molecule has 1 fully saturated rings. The zero-order chi connectivity index (χ0) is 20.0. The van der Waals surface area contributed by atoms with E-state index in [1.165, 1.54) is 36.8 Å². The first-order chi connectivity index (χ1) is 13.7. The van der Waals surface area contributed by atoms with Gasteiger partial charge in [0.05, 0.1) is 0 Å². The van der Waals surface area contributed by atoms with E-state index in [2.05, 4.69) is 87.1 Å². The largest absolute Gasteiger partial charge is 0.330 e. The fourth-order valence-corrected chi connectivity index (χ4v) is 6.86. The van der Waals surface area contributed by atoms with E-state index in [0.29, 0.717) is 17.8 Å². The number of hydrogen-bond acceptors (Lipinski definition) is 2. The highest BCUT2D eigenvalue weighted by Crippen LogP contribution is 2.62. The number of rotatable bonds is 9. The second kappa shape index (κ2) is 9.98. The highest BCUT2D eigenvalue weighted by molar-refractivity contribution is 7.80. The van der Waals surface area contributed by atoms with E-state index in [-0.39, 0.29) is 5.41 Å². The van der Waals surface area contributed by atoms with Crippen LogP contribution in [0.25, 0.3) is 0 Å². The molecule has 152 valence electrons. The van der Waals surface area contributed by atoms with E-state index in [1.54, 1.807) is 0 Å². The van der Waals surface area contributed by atoms with Gasteiger partial charge in [-0.2, -0.15) is 12.6 Å². The van der Waals surface area contributed by atoms with Gasteiger partial charge in [-0.1, -0.05) is 93.8 Å². The lowest BCUT2D eigenvalue weighted by atomic mass is 9.60. The van der Waals surface area contributed by atoms with Crippen molar-refractivity contribution in [2.45, 2.75) is 51.4 Å². The lowest BCUT2D eigenvalue weighted by molar-refractivity contribution is 0.249. The average Bonchev–Trinajstić information content (AvgIpc) is 3.00. The average molecular weight is 396 g/mol. The maximum absolute atomic E-state index is 6.23. The maximum Gasteiger partial charge on any atom is 0.0265 e. The third-order valence-corrected chi connectivity index (χ3v) is 7.52. The van der Waals surface area contributed by atoms with Crippen molar-refractivity contribution in [1.29, 1.82) is 0 Å². The van der Waals surface area contributed by atoms with E-state index in [0.717, 1.165) is 24.6 Å². The third kappa shape index (κ3) is 3.66. The zero-order valence-corrected chi connectivity index (χ0v) is 18.5. The van der Waals surface area contributed by atoms with Gasteiger partial charge in [0.2, 0.25) is 0 Å². The van der Waals surface area contributed by atoms with Crippen LogP contribution in [0.15, 0.2) is 60.7 Å². The van der Waals surface area contributed by atoms with Gasteiger partial charge in [-0.3, -0.25) is 0 Å². The van der Waals surface area contributed by atoms with Gasteiger partial charge < -0.3 is 5.73 Å². The van der Waals surface area contributed by atoms with E-state index in [9.17, 15) is 0 Å². The van der Waals surface area contributed by atoms with Gasteiger partial charge in [-0.25, -0.2) is 0 Å². The van der Waals surface area contributed by atoms with Gasteiger partial charge in [0, 0.05) is 5.41 Å². The Labute approximate surface area is 177 Å². The number of benzene rings is 2. The van der Waals surface area contributed by atoms with Crippen LogP contribution in [0.5, 0.6) is 0 Å². The highest BCUT2D eigenvalue weighted by Gasteiger charge is 2.59. The molecule has 2 heteroatoms. The SMILES string of the molecule is CCCC1C(CCS)C(CCN)C(c2ccccc2)(c2ccccc2)[C@H]1CC. The Morgan fingerprint density at radius 2 is 1.32 bits per heavy atom. The molecule has 3 rings (SSSR count). The van der Waals surface area contributed by atoms with Crippen molar-refractivity contribution in [3.63, 3.8) is 0 Å². The number of hydrogen-bond donors (Lipinski definition) is 2. The summed E-state index contributed by atoms with van der Waals surface area (Å²) in [5, 5.41) is 0. The van der Waals surface area contributed by atoms with Gasteiger partial charge in [0.1, 0.15) is 0 Å². The van der Waals surface area contributed by atoms with Crippen LogP contribution in [-0.2, 0) is 5.41 Å². The molecule has 2 aromatic carbocycles. The van der Waals surface area contributed by atoms with E-state index < -0.39 is 0 Å². The molecule has 0 aromatic heterocycles. The number of nitrogens with two attached hydrogens (primary N) is 1. The molecule has 2 aromatic rings. The summed E-state index contributed by atoms with van der Waals surface area (Å²) in [5.41, 5.74) is 9.24. The Balaban J connectivity index is 2.29. The van der Waals surface area contributed by atoms with Crippen molar-refractivity contribution in [1.82, 2.24) is 0 Å². The topological polar surface area (TPSA) is 26.0 Å². The summed E-state index contributed by atoms with van der Waals surface area (Å²) >= 11 is 4.67. The fraction of sp³-hybridized carbons (Fsp3) is 0.538. The van der Waals surface area contributed by atoms with Crippen LogP contribution in [-0.4, -0.2) is 12.3 Å². The predicted octanol–water partition coefficient (Wildman–Crippen LogP) is 6.33. The fourth-order valence-electron chi connectivity index (χ4n) is 6.56. The summed E-state index contributed by atoms with van der Waals surface area (Å²) in [6, 6.07) is 22.6. The Morgan fingerprint density at radius 1 is 0.786 bits per heavy atom.